The summed E-state index contributed by atoms with van der Waals surface area (Å²) in [6, 6.07) is 15.1. The van der Waals surface area contributed by atoms with Crippen LogP contribution in [0.25, 0.3) is 0 Å². The van der Waals surface area contributed by atoms with Gasteiger partial charge in [0.1, 0.15) is 0 Å². The van der Waals surface area contributed by atoms with Crippen molar-refractivity contribution in [2.24, 2.45) is 0 Å². The van der Waals surface area contributed by atoms with E-state index in [4.69, 9.17) is 0 Å². The molecule has 2 aromatic carbocycles. The van der Waals surface area contributed by atoms with Gasteiger partial charge in [-0.25, -0.2) is 4.79 Å². The number of rotatable bonds is 5. The number of anilines is 1. The van der Waals surface area contributed by atoms with Crippen LogP contribution in [0.3, 0.4) is 0 Å². The van der Waals surface area contributed by atoms with Crippen molar-refractivity contribution in [1.29, 1.82) is 0 Å². The lowest BCUT2D eigenvalue weighted by atomic mass is 10.1. The van der Waals surface area contributed by atoms with E-state index < -0.39 is 0 Å². The van der Waals surface area contributed by atoms with Crippen molar-refractivity contribution in [3.05, 3.63) is 65.2 Å². The van der Waals surface area contributed by atoms with Crippen molar-refractivity contribution >= 4 is 17.6 Å². The molecule has 3 rings (SSSR count). The summed E-state index contributed by atoms with van der Waals surface area (Å²) >= 11 is 0. The number of benzene rings is 2. The van der Waals surface area contributed by atoms with Gasteiger partial charge in [-0.05, 0) is 48.1 Å². The predicted octanol–water partition coefficient (Wildman–Crippen LogP) is 3.59. The van der Waals surface area contributed by atoms with E-state index in [0.29, 0.717) is 17.8 Å². The third-order valence-corrected chi connectivity index (χ3v) is 4.26. The minimum absolute atomic E-state index is 0.160. The molecule has 1 aliphatic carbocycles. The zero-order valence-electron chi connectivity index (χ0n) is 14.6. The maximum atomic E-state index is 12.3. The number of amides is 3. The lowest BCUT2D eigenvalue weighted by molar-refractivity contribution is 0.0951. The van der Waals surface area contributed by atoms with E-state index in [2.05, 4.69) is 34.9 Å². The fourth-order valence-corrected chi connectivity index (χ4v) is 2.58. The van der Waals surface area contributed by atoms with Gasteiger partial charge in [-0.2, -0.15) is 0 Å². The standard InChI is InChI=1S/C20H23N3O2/c1-23(2)20(25)22-18-5-3-4-17(12-18)19(24)21-13-14-6-8-15(9-7-14)16-10-11-16/h3-9,12,16H,10-11,13H2,1-2H3,(H,21,24)(H,22,25). The molecule has 1 aliphatic rings. The predicted molar refractivity (Wildman–Crippen MR) is 98.7 cm³/mol. The summed E-state index contributed by atoms with van der Waals surface area (Å²) in [4.78, 5) is 25.5. The van der Waals surface area contributed by atoms with E-state index in [9.17, 15) is 9.59 Å². The van der Waals surface area contributed by atoms with Crippen LogP contribution in [-0.2, 0) is 6.54 Å². The first kappa shape index (κ1) is 17.0. The molecule has 0 saturated heterocycles. The molecule has 0 aromatic heterocycles. The van der Waals surface area contributed by atoms with Crippen LogP contribution in [0.5, 0.6) is 0 Å². The Kier molecular flexibility index (Phi) is 5.03. The van der Waals surface area contributed by atoms with E-state index in [1.807, 2.05) is 0 Å². The molecule has 5 heteroatoms. The van der Waals surface area contributed by atoms with Crippen LogP contribution in [0, 0.1) is 0 Å². The molecule has 0 unspecified atom stereocenters. The number of hydrogen-bond donors (Lipinski definition) is 2. The van der Waals surface area contributed by atoms with E-state index >= 15 is 0 Å². The largest absolute Gasteiger partial charge is 0.348 e. The molecule has 0 spiro atoms. The molecule has 130 valence electrons. The molecule has 3 amide bonds. The highest BCUT2D eigenvalue weighted by molar-refractivity contribution is 5.96. The Balaban J connectivity index is 1.58. The summed E-state index contributed by atoms with van der Waals surface area (Å²) in [6.07, 6.45) is 2.58. The number of nitrogens with zero attached hydrogens (tertiary/aromatic N) is 1. The van der Waals surface area contributed by atoms with E-state index in [0.717, 1.165) is 11.5 Å². The van der Waals surface area contributed by atoms with Crippen LogP contribution >= 0.6 is 0 Å². The highest BCUT2D eigenvalue weighted by Crippen LogP contribution is 2.39. The molecule has 2 aromatic rings. The summed E-state index contributed by atoms with van der Waals surface area (Å²) in [6.45, 7) is 0.484. The molecule has 25 heavy (non-hydrogen) atoms. The smallest absolute Gasteiger partial charge is 0.321 e. The Morgan fingerprint density at radius 2 is 1.80 bits per heavy atom. The second-order valence-corrected chi connectivity index (χ2v) is 6.60. The summed E-state index contributed by atoms with van der Waals surface area (Å²) in [7, 11) is 3.33. The second-order valence-electron chi connectivity index (χ2n) is 6.60. The minimum atomic E-state index is -0.228. The lowest BCUT2D eigenvalue weighted by Crippen LogP contribution is -2.27. The SMILES string of the molecule is CN(C)C(=O)Nc1cccc(C(=O)NCc2ccc(C3CC3)cc2)c1. The molecular weight excluding hydrogens is 314 g/mol. The first-order chi connectivity index (χ1) is 12.0. The Bertz CT molecular complexity index is 765. The monoisotopic (exact) mass is 337 g/mol. The minimum Gasteiger partial charge on any atom is -0.348 e. The van der Waals surface area contributed by atoms with Crippen molar-refractivity contribution in [3.63, 3.8) is 0 Å². The van der Waals surface area contributed by atoms with Gasteiger partial charge in [0.25, 0.3) is 5.91 Å². The first-order valence-electron chi connectivity index (χ1n) is 8.48. The number of urea groups is 1. The van der Waals surface area contributed by atoms with Crippen LogP contribution in [0.2, 0.25) is 0 Å². The molecule has 0 aliphatic heterocycles. The average molecular weight is 337 g/mol. The molecule has 0 atom stereocenters. The van der Waals surface area contributed by atoms with Crippen LogP contribution in [0.1, 0.15) is 40.2 Å². The van der Waals surface area contributed by atoms with Gasteiger partial charge in [0.05, 0.1) is 0 Å². The number of hydrogen-bond acceptors (Lipinski definition) is 2. The molecule has 1 fully saturated rings. The Labute approximate surface area is 148 Å². The van der Waals surface area contributed by atoms with Gasteiger partial charge in [0.15, 0.2) is 0 Å². The van der Waals surface area contributed by atoms with Crippen molar-refractivity contribution in [3.8, 4) is 0 Å². The third-order valence-electron chi connectivity index (χ3n) is 4.26. The van der Waals surface area contributed by atoms with Crippen molar-refractivity contribution < 1.29 is 9.59 Å². The number of nitrogens with one attached hydrogen (secondary N) is 2. The van der Waals surface area contributed by atoms with Gasteiger partial charge in [0, 0.05) is 31.9 Å². The maximum absolute atomic E-state index is 12.3. The Morgan fingerprint density at radius 1 is 1.08 bits per heavy atom. The summed E-state index contributed by atoms with van der Waals surface area (Å²) < 4.78 is 0. The third kappa shape index (κ3) is 4.59. The van der Waals surface area contributed by atoms with Gasteiger partial charge in [-0.15, -0.1) is 0 Å². The lowest BCUT2D eigenvalue weighted by Gasteiger charge is -2.12. The fraction of sp³-hybridized carbons (Fsp3) is 0.300. The maximum Gasteiger partial charge on any atom is 0.321 e. The van der Waals surface area contributed by atoms with Crippen LogP contribution in [-0.4, -0.2) is 30.9 Å². The molecule has 5 nitrogen and oxygen atoms in total. The summed E-state index contributed by atoms with van der Waals surface area (Å²) in [5.74, 6) is 0.580. The van der Waals surface area contributed by atoms with Crippen LogP contribution in [0.4, 0.5) is 10.5 Å². The quantitative estimate of drug-likeness (QED) is 0.876. The number of carbonyl (C=O) groups excluding carboxylic acids is 2. The van der Waals surface area contributed by atoms with Gasteiger partial charge in [0.2, 0.25) is 0 Å². The Morgan fingerprint density at radius 3 is 2.44 bits per heavy atom. The highest BCUT2D eigenvalue weighted by atomic mass is 16.2. The molecule has 0 bridgehead atoms. The fourth-order valence-electron chi connectivity index (χ4n) is 2.58. The van der Waals surface area contributed by atoms with E-state index in [1.54, 1.807) is 38.4 Å². The second kappa shape index (κ2) is 7.38. The molecule has 2 N–H and O–H groups in total. The van der Waals surface area contributed by atoms with E-state index in [-0.39, 0.29) is 11.9 Å². The average Bonchev–Trinajstić information content (AvgIpc) is 3.45. The highest BCUT2D eigenvalue weighted by Gasteiger charge is 2.22. The number of carbonyl (C=O) groups is 2. The zero-order valence-corrected chi connectivity index (χ0v) is 14.6. The normalized spacial score (nSPS) is 13.2. The van der Waals surface area contributed by atoms with Crippen molar-refractivity contribution in [1.82, 2.24) is 10.2 Å². The molecule has 0 heterocycles. The van der Waals surface area contributed by atoms with E-state index in [1.165, 1.54) is 23.3 Å². The summed E-state index contributed by atoms with van der Waals surface area (Å²) in [5.41, 5.74) is 3.58. The van der Waals surface area contributed by atoms with Gasteiger partial charge in [-0.3, -0.25) is 4.79 Å². The first-order valence-corrected chi connectivity index (χ1v) is 8.48. The Hall–Kier alpha value is -2.82. The van der Waals surface area contributed by atoms with Crippen molar-refractivity contribution in [2.45, 2.75) is 25.3 Å². The topological polar surface area (TPSA) is 61.4 Å². The molecule has 1 saturated carbocycles. The summed E-state index contributed by atoms with van der Waals surface area (Å²) in [5, 5.41) is 5.66. The van der Waals surface area contributed by atoms with Crippen molar-refractivity contribution in [2.75, 3.05) is 19.4 Å². The van der Waals surface area contributed by atoms with Crippen LogP contribution < -0.4 is 10.6 Å². The zero-order chi connectivity index (χ0) is 17.8. The molecule has 0 radical (unpaired) electrons. The van der Waals surface area contributed by atoms with Gasteiger partial charge < -0.3 is 15.5 Å². The molecular formula is C20H23N3O2. The van der Waals surface area contributed by atoms with Crippen LogP contribution in [0.15, 0.2) is 48.5 Å². The van der Waals surface area contributed by atoms with Gasteiger partial charge in [-0.1, -0.05) is 30.3 Å². The van der Waals surface area contributed by atoms with Gasteiger partial charge >= 0.3 is 6.03 Å².